The maximum absolute atomic E-state index is 12.7. The number of imidazole rings is 1. The zero-order chi connectivity index (χ0) is 20.2. The number of aryl methyl sites for hydroxylation is 2. The number of amides is 1. The van der Waals surface area contributed by atoms with E-state index in [1.54, 1.807) is 4.68 Å². The number of carbonyl (C=O) groups excluding carboxylic acids is 1. The fraction of sp³-hybridized carbons (Fsp3) is 0.350. The molecule has 0 atom stereocenters. The van der Waals surface area contributed by atoms with E-state index in [1.165, 1.54) is 17.7 Å². The lowest BCUT2D eigenvalue weighted by Gasteiger charge is -2.07. The van der Waals surface area contributed by atoms with Crippen LogP contribution in [0.5, 0.6) is 0 Å². The first kappa shape index (κ1) is 19.3. The number of para-hydroxylation sites is 2. The van der Waals surface area contributed by atoms with Crippen molar-refractivity contribution in [3.05, 3.63) is 52.4 Å². The Kier molecular flexibility index (Phi) is 5.66. The quantitative estimate of drug-likeness (QED) is 0.435. The van der Waals surface area contributed by atoms with E-state index < -0.39 is 0 Å². The van der Waals surface area contributed by atoms with E-state index in [9.17, 15) is 4.79 Å². The molecule has 3 aromatic heterocycles. The molecular formula is C20H23N7OS. The molecule has 2 N–H and O–H groups in total. The Balaban J connectivity index is 1.26. The Morgan fingerprint density at radius 3 is 2.86 bits per heavy atom. The number of H-pyrrole nitrogens is 1. The van der Waals surface area contributed by atoms with Gasteiger partial charge in [0.2, 0.25) is 0 Å². The maximum atomic E-state index is 12.7. The summed E-state index contributed by atoms with van der Waals surface area (Å²) in [6, 6.07) is 8.06. The molecule has 0 aliphatic heterocycles. The van der Waals surface area contributed by atoms with Gasteiger partial charge in [-0.25, -0.2) is 4.98 Å². The van der Waals surface area contributed by atoms with Gasteiger partial charge >= 0.3 is 0 Å². The molecule has 0 bridgehead atoms. The highest BCUT2D eigenvalue weighted by Crippen LogP contribution is 2.30. The third-order valence-corrected chi connectivity index (χ3v) is 6.16. The van der Waals surface area contributed by atoms with E-state index in [-0.39, 0.29) is 5.91 Å². The molecule has 0 radical (unpaired) electrons. The van der Waals surface area contributed by atoms with Crippen molar-refractivity contribution in [2.45, 2.75) is 39.5 Å². The first-order chi connectivity index (χ1) is 14.1. The number of thiophene rings is 1. The van der Waals surface area contributed by atoms with Crippen molar-refractivity contribution < 1.29 is 4.79 Å². The molecule has 9 heteroatoms. The predicted octanol–water partition coefficient (Wildman–Crippen LogP) is 3.36. The number of hydrogen-bond donors (Lipinski definition) is 2. The number of hydrogen-bond acceptors (Lipinski definition) is 6. The van der Waals surface area contributed by atoms with Gasteiger partial charge in [0, 0.05) is 17.8 Å². The minimum Gasteiger partial charge on any atom is -0.352 e. The molecule has 0 saturated carbocycles. The fourth-order valence-corrected chi connectivity index (χ4v) is 4.37. The van der Waals surface area contributed by atoms with Crippen LogP contribution in [-0.4, -0.2) is 42.6 Å². The standard InChI is InChI=1S/C20H23N7OS/c1-13-14(2)29-20(27-12-22-25-26-27)18(13)19(28)21-11-7-3-4-10-17-23-15-8-5-6-9-16(15)24-17/h5-6,8-9,12H,3-4,7,10-11H2,1-2H3,(H,21,28)(H,23,24). The second kappa shape index (κ2) is 8.52. The molecule has 4 aromatic rings. The summed E-state index contributed by atoms with van der Waals surface area (Å²) in [6.07, 6.45) is 5.41. The second-order valence-corrected chi connectivity index (χ2v) is 8.19. The molecule has 0 aliphatic carbocycles. The third kappa shape index (κ3) is 4.19. The minimum atomic E-state index is -0.0744. The first-order valence-corrected chi connectivity index (χ1v) is 10.5. The van der Waals surface area contributed by atoms with Gasteiger partial charge in [-0.05, 0) is 54.8 Å². The first-order valence-electron chi connectivity index (χ1n) is 9.68. The molecule has 8 nitrogen and oxygen atoms in total. The van der Waals surface area contributed by atoms with Gasteiger partial charge in [0.05, 0.1) is 16.6 Å². The van der Waals surface area contributed by atoms with E-state index in [0.29, 0.717) is 12.1 Å². The molecule has 150 valence electrons. The van der Waals surface area contributed by atoms with Crippen molar-refractivity contribution in [3.63, 3.8) is 0 Å². The van der Waals surface area contributed by atoms with Gasteiger partial charge < -0.3 is 10.3 Å². The summed E-state index contributed by atoms with van der Waals surface area (Å²) < 4.78 is 1.55. The van der Waals surface area contributed by atoms with Crippen molar-refractivity contribution in [1.29, 1.82) is 0 Å². The van der Waals surface area contributed by atoms with Crippen LogP contribution in [-0.2, 0) is 6.42 Å². The highest BCUT2D eigenvalue weighted by molar-refractivity contribution is 7.15. The number of aromatic amines is 1. The van der Waals surface area contributed by atoms with Crippen LogP contribution in [0.3, 0.4) is 0 Å². The average molecular weight is 410 g/mol. The molecule has 0 spiro atoms. The summed E-state index contributed by atoms with van der Waals surface area (Å²) in [5, 5.41) is 15.1. The van der Waals surface area contributed by atoms with Crippen molar-refractivity contribution >= 4 is 28.3 Å². The SMILES string of the molecule is Cc1sc(-n2cnnn2)c(C(=O)NCCCCCc2nc3ccccc3[nH]2)c1C. The van der Waals surface area contributed by atoms with Gasteiger partial charge in [-0.3, -0.25) is 4.79 Å². The average Bonchev–Trinajstić information content (AvgIpc) is 3.44. The molecular weight excluding hydrogens is 386 g/mol. The number of carbonyl (C=O) groups is 1. The normalized spacial score (nSPS) is 11.2. The number of unbranched alkanes of at least 4 members (excludes halogenated alkanes) is 2. The van der Waals surface area contributed by atoms with Crippen LogP contribution in [0.4, 0.5) is 0 Å². The minimum absolute atomic E-state index is 0.0744. The van der Waals surface area contributed by atoms with Crippen LogP contribution in [0.2, 0.25) is 0 Å². The maximum Gasteiger partial charge on any atom is 0.254 e. The number of tetrazole rings is 1. The van der Waals surface area contributed by atoms with Crippen molar-refractivity contribution in [2.24, 2.45) is 0 Å². The molecule has 1 aromatic carbocycles. The largest absolute Gasteiger partial charge is 0.352 e. The molecule has 0 aliphatic rings. The summed E-state index contributed by atoms with van der Waals surface area (Å²) >= 11 is 1.52. The Labute approximate surface area is 172 Å². The molecule has 3 heterocycles. The van der Waals surface area contributed by atoms with Gasteiger partial charge in [-0.15, -0.1) is 16.4 Å². The van der Waals surface area contributed by atoms with Crippen LogP contribution in [0.25, 0.3) is 16.0 Å². The Morgan fingerprint density at radius 1 is 1.21 bits per heavy atom. The lowest BCUT2D eigenvalue weighted by molar-refractivity contribution is 0.0952. The van der Waals surface area contributed by atoms with E-state index >= 15 is 0 Å². The Morgan fingerprint density at radius 2 is 2.07 bits per heavy atom. The summed E-state index contributed by atoms with van der Waals surface area (Å²) in [5.74, 6) is 0.945. The molecule has 0 fully saturated rings. The van der Waals surface area contributed by atoms with Crippen LogP contribution in [0.15, 0.2) is 30.6 Å². The second-order valence-electron chi connectivity index (χ2n) is 6.99. The van der Waals surface area contributed by atoms with E-state index in [1.807, 2.05) is 38.1 Å². The fourth-order valence-electron chi connectivity index (χ4n) is 3.30. The Bertz CT molecular complexity index is 1080. The topological polar surface area (TPSA) is 101 Å². The molecule has 0 saturated heterocycles. The van der Waals surface area contributed by atoms with Crippen LogP contribution >= 0.6 is 11.3 Å². The number of nitrogens with zero attached hydrogens (tertiary/aromatic N) is 5. The lowest BCUT2D eigenvalue weighted by atomic mass is 10.1. The Hall–Kier alpha value is -3.07. The van der Waals surface area contributed by atoms with Crippen LogP contribution in [0.1, 0.15) is 45.9 Å². The number of aromatic nitrogens is 6. The number of nitrogens with one attached hydrogen (secondary N) is 2. The van der Waals surface area contributed by atoms with Crippen LogP contribution in [0, 0.1) is 13.8 Å². The summed E-state index contributed by atoms with van der Waals surface area (Å²) in [6.45, 7) is 4.60. The monoisotopic (exact) mass is 409 g/mol. The van der Waals surface area contributed by atoms with Crippen LogP contribution < -0.4 is 5.32 Å². The lowest BCUT2D eigenvalue weighted by Crippen LogP contribution is -2.25. The third-order valence-electron chi connectivity index (χ3n) is 4.97. The predicted molar refractivity (Wildman–Crippen MR) is 112 cm³/mol. The van der Waals surface area contributed by atoms with E-state index in [0.717, 1.165) is 58.0 Å². The number of benzene rings is 1. The summed E-state index contributed by atoms with van der Waals surface area (Å²) in [5.41, 5.74) is 3.72. The van der Waals surface area contributed by atoms with Gasteiger partial charge in [-0.1, -0.05) is 18.6 Å². The van der Waals surface area contributed by atoms with Crippen molar-refractivity contribution in [1.82, 2.24) is 35.5 Å². The van der Waals surface area contributed by atoms with E-state index in [2.05, 4.69) is 30.8 Å². The molecule has 29 heavy (non-hydrogen) atoms. The molecule has 1 amide bonds. The zero-order valence-corrected chi connectivity index (χ0v) is 17.3. The van der Waals surface area contributed by atoms with Gasteiger partial charge in [0.25, 0.3) is 5.91 Å². The van der Waals surface area contributed by atoms with E-state index in [4.69, 9.17) is 0 Å². The van der Waals surface area contributed by atoms with Crippen molar-refractivity contribution in [3.8, 4) is 5.00 Å². The smallest absolute Gasteiger partial charge is 0.254 e. The van der Waals surface area contributed by atoms with Gasteiger partial charge in [0.1, 0.15) is 17.2 Å². The molecule has 0 unspecified atom stereocenters. The van der Waals surface area contributed by atoms with Gasteiger partial charge in [-0.2, -0.15) is 4.68 Å². The molecule has 4 rings (SSSR count). The number of rotatable bonds is 8. The highest BCUT2D eigenvalue weighted by atomic mass is 32.1. The zero-order valence-electron chi connectivity index (χ0n) is 16.5. The summed E-state index contributed by atoms with van der Waals surface area (Å²) in [7, 11) is 0. The van der Waals surface area contributed by atoms with Gasteiger partial charge in [0.15, 0.2) is 0 Å². The summed E-state index contributed by atoms with van der Waals surface area (Å²) in [4.78, 5) is 21.8. The number of fused-ring (bicyclic) bond motifs is 1. The highest BCUT2D eigenvalue weighted by Gasteiger charge is 2.21. The van der Waals surface area contributed by atoms with Crippen molar-refractivity contribution in [2.75, 3.05) is 6.54 Å².